The third-order valence-electron chi connectivity index (χ3n) is 2.05. The molecular weight excluding hydrogens is 184 g/mol. The van der Waals surface area contributed by atoms with Crippen LogP contribution in [0.25, 0.3) is 0 Å². The van der Waals surface area contributed by atoms with Crippen molar-refractivity contribution in [3.63, 3.8) is 0 Å². The number of rotatable bonds is 4. The van der Waals surface area contributed by atoms with E-state index in [4.69, 9.17) is 13.9 Å². The Morgan fingerprint density at radius 1 is 1.43 bits per heavy atom. The Kier molecular flexibility index (Phi) is 3.85. The fraction of sp³-hybridized carbons (Fsp3) is 0.500. The Morgan fingerprint density at radius 2 is 2.07 bits per heavy atom. The fourth-order valence-electron chi connectivity index (χ4n) is 1.38. The van der Waals surface area contributed by atoms with Crippen molar-refractivity contribution >= 4 is 0 Å². The molecule has 0 bridgehead atoms. The monoisotopic (exact) mass is 198 g/mol. The molecule has 0 radical (unpaired) electrons. The van der Waals surface area contributed by atoms with Crippen LogP contribution in [0.15, 0.2) is 21.5 Å². The first-order chi connectivity index (χ1) is 6.74. The zero-order chi connectivity index (χ0) is 10.6. The summed E-state index contributed by atoms with van der Waals surface area (Å²) in [5.74, 6) is 0. The summed E-state index contributed by atoms with van der Waals surface area (Å²) in [6.07, 6.45) is 1.44. The highest BCUT2D eigenvalue weighted by Gasteiger charge is 2.15. The largest absolute Gasteiger partial charge is 0.431 e. The highest BCUT2D eigenvalue weighted by atomic mass is 16.7. The summed E-state index contributed by atoms with van der Waals surface area (Å²) in [4.78, 5) is 11.3. The molecule has 14 heavy (non-hydrogen) atoms. The predicted molar refractivity (Wildman–Crippen MR) is 51.1 cm³/mol. The second-order valence-corrected chi connectivity index (χ2v) is 2.80. The van der Waals surface area contributed by atoms with Crippen molar-refractivity contribution in [2.24, 2.45) is 0 Å². The van der Waals surface area contributed by atoms with Gasteiger partial charge in [0.15, 0.2) is 6.29 Å². The van der Waals surface area contributed by atoms with Crippen LogP contribution in [-0.4, -0.2) is 14.2 Å². The Balaban J connectivity index is 3.18. The molecule has 4 nitrogen and oxygen atoms in total. The molecule has 0 fully saturated rings. The Morgan fingerprint density at radius 3 is 2.57 bits per heavy atom. The van der Waals surface area contributed by atoms with Crippen LogP contribution in [0.4, 0.5) is 0 Å². The molecule has 0 saturated carbocycles. The van der Waals surface area contributed by atoms with Crippen molar-refractivity contribution in [3.8, 4) is 0 Å². The molecule has 0 N–H and O–H groups in total. The van der Waals surface area contributed by atoms with Gasteiger partial charge < -0.3 is 13.9 Å². The molecule has 78 valence electrons. The molecule has 0 saturated heterocycles. The molecule has 4 heteroatoms. The van der Waals surface area contributed by atoms with Gasteiger partial charge in [0, 0.05) is 25.3 Å². The zero-order valence-corrected chi connectivity index (χ0v) is 8.57. The smallest absolute Gasteiger partial charge is 0.339 e. The standard InChI is InChI=1S/C10H14O4/c1-4-7-8(10(12-2)13-3)5-6-14-9(7)11/h5-6,10H,4H2,1-3H3. The van der Waals surface area contributed by atoms with E-state index in [1.165, 1.54) is 20.5 Å². The molecule has 0 aliphatic heterocycles. The predicted octanol–water partition coefficient (Wildman–Crippen LogP) is 1.49. The number of hydrogen-bond acceptors (Lipinski definition) is 4. The molecule has 0 aliphatic rings. The lowest BCUT2D eigenvalue weighted by Crippen LogP contribution is -2.14. The lowest BCUT2D eigenvalue weighted by molar-refractivity contribution is -0.106. The van der Waals surface area contributed by atoms with E-state index in [-0.39, 0.29) is 5.63 Å². The van der Waals surface area contributed by atoms with Crippen LogP contribution >= 0.6 is 0 Å². The average Bonchev–Trinajstić information content (AvgIpc) is 2.20. The molecule has 0 atom stereocenters. The highest BCUT2D eigenvalue weighted by Crippen LogP contribution is 2.19. The summed E-state index contributed by atoms with van der Waals surface area (Å²) >= 11 is 0. The molecule has 0 aromatic carbocycles. The number of ether oxygens (including phenoxy) is 2. The first-order valence-electron chi connectivity index (χ1n) is 4.40. The van der Waals surface area contributed by atoms with E-state index in [1.54, 1.807) is 6.07 Å². The van der Waals surface area contributed by atoms with Gasteiger partial charge in [0.25, 0.3) is 0 Å². The van der Waals surface area contributed by atoms with E-state index in [9.17, 15) is 4.79 Å². The Labute approximate surface area is 82.4 Å². The molecule has 1 heterocycles. The van der Waals surface area contributed by atoms with Crippen LogP contribution in [0.2, 0.25) is 0 Å². The van der Waals surface area contributed by atoms with Gasteiger partial charge in [-0.2, -0.15) is 0 Å². The Bertz CT molecular complexity index is 338. The summed E-state index contributed by atoms with van der Waals surface area (Å²) in [7, 11) is 3.06. The molecule has 1 aromatic rings. The van der Waals surface area contributed by atoms with Crippen molar-refractivity contribution < 1.29 is 13.9 Å². The van der Waals surface area contributed by atoms with Crippen molar-refractivity contribution in [2.45, 2.75) is 19.6 Å². The maximum absolute atomic E-state index is 11.3. The lowest BCUT2D eigenvalue weighted by Gasteiger charge is -2.15. The third-order valence-corrected chi connectivity index (χ3v) is 2.05. The first kappa shape index (κ1) is 10.9. The average molecular weight is 198 g/mol. The van der Waals surface area contributed by atoms with Crippen LogP contribution in [0.3, 0.4) is 0 Å². The molecule has 0 amide bonds. The summed E-state index contributed by atoms with van der Waals surface area (Å²) in [5, 5.41) is 0. The fourth-order valence-corrected chi connectivity index (χ4v) is 1.38. The van der Waals surface area contributed by atoms with Crippen LogP contribution in [0.5, 0.6) is 0 Å². The van der Waals surface area contributed by atoms with Gasteiger partial charge in [-0.1, -0.05) is 6.92 Å². The van der Waals surface area contributed by atoms with Crippen LogP contribution in [0.1, 0.15) is 24.3 Å². The highest BCUT2D eigenvalue weighted by molar-refractivity contribution is 5.23. The molecule has 0 spiro atoms. The normalized spacial score (nSPS) is 10.9. The maximum atomic E-state index is 11.3. The minimum Gasteiger partial charge on any atom is -0.431 e. The summed E-state index contributed by atoms with van der Waals surface area (Å²) in [5.41, 5.74) is 0.999. The first-order valence-corrected chi connectivity index (χ1v) is 4.40. The lowest BCUT2D eigenvalue weighted by atomic mass is 10.1. The minimum atomic E-state index is -0.506. The van der Waals surface area contributed by atoms with E-state index < -0.39 is 6.29 Å². The summed E-state index contributed by atoms with van der Waals surface area (Å²) < 4.78 is 14.9. The van der Waals surface area contributed by atoms with E-state index in [0.717, 1.165) is 5.56 Å². The molecule has 0 aliphatic carbocycles. The van der Waals surface area contributed by atoms with Crippen molar-refractivity contribution in [3.05, 3.63) is 33.9 Å². The molecule has 0 unspecified atom stereocenters. The van der Waals surface area contributed by atoms with E-state index >= 15 is 0 Å². The van der Waals surface area contributed by atoms with E-state index in [2.05, 4.69) is 0 Å². The van der Waals surface area contributed by atoms with Gasteiger partial charge in [0.05, 0.1) is 6.26 Å². The van der Waals surface area contributed by atoms with E-state index in [1.807, 2.05) is 6.92 Å². The van der Waals surface area contributed by atoms with Crippen LogP contribution in [0, 0.1) is 0 Å². The molecule has 1 aromatic heterocycles. The second-order valence-electron chi connectivity index (χ2n) is 2.80. The number of hydrogen-bond donors (Lipinski definition) is 0. The van der Waals surface area contributed by atoms with Crippen molar-refractivity contribution in [2.75, 3.05) is 14.2 Å². The zero-order valence-electron chi connectivity index (χ0n) is 8.57. The van der Waals surface area contributed by atoms with Gasteiger partial charge in [-0.05, 0) is 12.5 Å². The maximum Gasteiger partial charge on any atom is 0.339 e. The van der Waals surface area contributed by atoms with Crippen LogP contribution < -0.4 is 5.63 Å². The molecular formula is C10H14O4. The van der Waals surface area contributed by atoms with Crippen LogP contribution in [-0.2, 0) is 15.9 Å². The van der Waals surface area contributed by atoms with Gasteiger partial charge in [0.2, 0.25) is 0 Å². The quantitative estimate of drug-likeness (QED) is 0.688. The Hall–Kier alpha value is -1.13. The van der Waals surface area contributed by atoms with Crippen molar-refractivity contribution in [1.29, 1.82) is 0 Å². The van der Waals surface area contributed by atoms with Gasteiger partial charge in [0.1, 0.15) is 0 Å². The molecule has 1 rings (SSSR count). The van der Waals surface area contributed by atoms with Gasteiger partial charge in [-0.25, -0.2) is 4.79 Å². The minimum absolute atomic E-state index is 0.330. The third kappa shape index (κ3) is 2.02. The van der Waals surface area contributed by atoms with Gasteiger partial charge >= 0.3 is 5.63 Å². The number of methoxy groups -OCH3 is 2. The second kappa shape index (κ2) is 4.93. The van der Waals surface area contributed by atoms with Gasteiger partial charge in [-0.15, -0.1) is 0 Å². The van der Waals surface area contributed by atoms with E-state index in [0.29, 0.717) is 12.0 Å². The van der Waals surface area contributed by atoms with Gasteiger partial charge in [-0.3, -0.25) is 0 Å². The SMILES string of the molecule is CCc1c(C(OC)OC)ccoc1=O. The van der Waals surface area contributed by atoms with Crippen molar-refractivity contribution in [1.82, 2.24) is 0 Å². The summed E-state index contributed by atoms with van der Waals surface area (Å²) in [6, 6.07) is 1.69. The summed E-state index contributed by atoms with van der Waals surface area (Å²) in [6.45, 7) is 1.89. The topological polar surface area (TPSA) is 48.7 Å².